The summed E-state index contributed by atoms with van der Waals surface area (Å²) in [4.78, 5) is 42.2. The average Bonchev–Trinajstić information content (AvgIpc) is 3.67. The number of methoxy groups -OCH3 is 2. The lowest BCUT2D eigenvalue weighted by molar-refractivity contribution is -0.271. The van der Waals surface area contributed by atoms with Crippen LogP contribution in [0.15, 0.2) is 36.4 Å². The van der Waals surface area contributed by atoms with Gasteiger partial charge >= 0.3 is 18.2 Å². The molecule has 0 bridgehead atoms. The van der Waals surface area contributed by atoms with Gasteiger partial charge in [-0.2, -0.15) is 0 Å². The number of nitrogen functional groups attached to an aromatic ring is 1. The van der Waals surface area contributed by atoms with Crippen molar-refractivity contribution in [2.75, 3.05) is 66.8 Å². The number of aliphatic hydroxyl groups excluding tert-OH is 3. The molecule has 3 fully saturated rings. The van der Waals surface area contributed by atoms with E-state index in [-0.39, 0.29) is 49.4 Å². The summed E-state index contributed by atoms with van der Waals surface area (Å²) in [7, 11) is 6.40. The minimum absolute atomic E-state index is 0.00464. The zero-order valence-corrected chi connectivity index (χ0v) is 32.9. The Labute approximate surface area is 331 Å². The van der Waals surface area contributed by atoms with Crippen molar-refractivity contribution in [3.8, 4) is 17.2 Å². The fraction of sp³-hybridized carbons (Fsp3) is 0.615. The first-order valence-electron chi connectivity index (χ1n) is 19.1. The smallest absolute Gasteiger partial charge is 0.409 e. The van der Waals surface area contributed by atoms with Crippen LogP contribution in [0.25, 0.3) is 0 Å². The number of hydrogen-bond acceptors (Lipinski definition) is 15. The topological polar surface area (TPSA) is 232 Å². The van der Waals surface area contributed by atoms with E-state index in [1.807, 2.05) is 18.2 Å². The number of anilines is 1. The summed E-state index contributed by atoms with van der Waals surface area (Å²) in [6, 6.07) is 10.6. The number of ether oxygens (including phenoxy) is 7. The van der Waals surface area contributed by atoms with Crippen molar-refractivity contribution in [3.05, 3.63) is 47.5 Å². The van der Waals surface area contributed by atoms with Gasteiger partial charge in [-0.3, -0.25) is 4.90 Å². The van der Waals surface area contributed by atoms with E-state index in [9.17, 15) is 34.8 Å². The van der Waals surface area contributed by atoms with Gasteiger partial charge < -0.3 is 69.1 Å². The SMILES string of the molecule is COc1ccc(CCO[C@@H]2CCCC[C@@H]2N2CCC(OC(=O)N(C)CCN(C)C(=O)OCc3ccc(OC4OC(C(=O)O)C(O)C(O)C4O)c(N)c3)C2)cc1OC. The van der Waals surface area contributed by atoms with E-state index >= 15 is 0 Å². The van der Waals surface area contributed by atoms with Crippen LogP contribution in [-0.4, -0.2) is 163 Å². The first kappa shape index (κ1) is 43.5. The number of likely N-dealkylation sites (N-methyl/N-ethyl adjacent to an activating group) is 2. The molecular formula is C39H56N4O14. The number of hydrogen-bond donors (Lipinski definition) is 5. The molecule has 8 atom stereocenters. The van der Waals surface area contributed by atoms with Crippen LogP contribution >= 0.6 is 0 Å². The number of likely N-dealkylation sites (tertiary alicyclic amines) is 1. The van der Waals surface area contributed by atoms with E-state index in [1.54, 1.807) is 28.3 Å². The van der Waals surface area contributed by atoms with Crippen LogP contribution in [-0.2, 0) is 36.8 Å². The Morgan fingerprint density at radius 3 is 2.25 bits per heavy atom. The number of carboxylic acid groups (broad SMARTS) is 1. The van der Waals surface area contributed by atoms with Gasteiger partial charge in [0.15, 0.2) is 17.6 Å². The Morgan fingerprint density at radius 1 is 0.860 bits per heavy atom. The van der Waals surface area contributed by atoms with E-state index in [0.717, 1.165) is 50.6 Å². The van der Waals surface area contributed by atoms with Crippen molar-refractivity contribution >= 4 is 23.8 Å². The van der Waals surface area contributed by atoms with Gasteiger partial charge in [-0.25, -0.2) is 14.4 Å². The minimum Gasteiger partial charge on any atom is -0.493 e. The largest absolute Gasteiger partial charge is 0.493 e. The third kappa shape index (κ3) is 11.3. The molecule has 0 spiro atoms. The molecule has 3 aliphatic rings. The van der Waals surface area contributed by atoms with Crippen molar-refractivity contribution in [2.45, 2.75) is 94.1 Å². The van der Waals surface area contributed by atoms with Gasteiger partial charge in [0.05, 0.1) is 32.6 Å². The molecule has 2 aromatic carbocycles. The molecular weight excluding hydrogens is 748 g/mol. The van der Waals surface area contributed by atoms with E-state index in [4.69, 9.17) is 38.9 Å². The number of nitrogens with two attached hydrogens (primary N) is 1. The molecule has 1 aliphatic carbocycles. The van der Waals surface area contributed by atoms with E-state index in [2.05, 4.69) is 4.90 Å². The first-order valence-corrected chi connectivity index (χ1v) is 19.1. The summed E-state index contributed by atoms with van der Waals surface area (Å²) < 4.78 is 39.1. The lowest BCUT2D eigenvalue weighted by atomic mass is 9.91. The maximum absolute atomic E-state index is 13.0. The standard InChI is InChI=1S/C39H56N4O14/c1-41(38(49)54-22-24-10-11-28(26(40)19-24)56-37-34(46)32(44)33(45)35(57-37)36(47)48)16-17-42(2)39(50)55-25-13-15-43(21-25)27-7-5-6-8-29(27)53-18-14-23-9-12-30(51-3)31(20-23)52-4/h9-12,19-20,25,27,29,32-35,37,44-46H,5-8,13-18,21-22,40H2,1-4H3,(H,47,48)/t25?,27-,29+,32?,33?,34?,35?,37?/m0/s1. The maximum atomic E-state index is 13.0. The van der Waals surface area contributed by atoms with Crippen LogP contribution < -0.4 is 19.9 Å². The van der Waals surface area contributed by atoms with E-state index in [1.165, 1.54) is 28.0 Å². The molecule has 0 aromatic heterocycles. The predicted octanol–water partition coefficient (Wildman–Crippen LogP) is 1.84. The highest BCUT2D eigenvalue weighted by Crippen LogP contribution is 2.32. The normalized spacial score (nSPS) is 26.3. The molecule has 2 aromatic rings. The lowest BCUT2D eigenvalue weighted by Gasteiger charge is -2.38. The van der Waals surface area contributed by atoms with Gasteiger partial charge in [-0.15, -0.1) is 0 Å². The molecule has 2 aliphatic heterocycles. The third-order valence-corrected chi connectivity index (χ3v) is 10.6. The number of carboxylic acids is 1. The first-order chi connectivity index (χ1) is 27.3. The number of rotatable bonds is 16. The number of aliphatic carboxylic acids is 1. The Morgan fingerprint density at radius 2 is 1.54 bits per heavy atom. The summed E-state index contributed by atoms with van der Waals surface area (Å²) in [6.07, 6.45) is -4.39. The third-order valence-electron chi connectivity index (χ3n) is 10.6. The summed E-state index contributed by atoms with van der Waals surface area (Å²) in [5, 5.41) is 39.4. The monoisotopic (exact) mass is 804 g/mol. The Kier molecular flexibility index (Phi) is 15.4. The van der Waals surface area contributed by atoms with Crippen molar-refractivity contribution in [2.24, 2.45) is 0 Å². The molecule has 0 radical (unpaired) electrons. The minimum atomic E-state index is -1.86. The van der Waals surface area contributed by atoms with E-state index < -0.39 is 48.9 Å². The van der Waals surface area contributed by atoms with Crippen LogP contribution in [0.5, 0.6) is 17.2 Å². The molecule has 2 amide bonds. The lowest BCUT2D eigenvalue weighted by Crippen LogP contribution is -2.61. The highest BCUT2D eigenvalue weighted by molar-refractivity contribution is 5.73. The Hall–Kier alpha value is -4.59. The van der Waals surface area contributed by atoms with Crippen LogP contribution in [0.2, 0.25) is 0 Å². The van der Waals surface area contributed by atoms with Gasteiger partial charge in [0.1, 0.15) is 36.8 Å². The van der Waals surface area contributed by atoms with E-state index in [0.29, 0.717) is 30.2 Å². The van der Waals surface area contributed by atoms with Crippen molar-refractivity contribution < 1.29 is 68.0 Å². The molecule has 5 rings (SSSR count). The summed E-state index contributed by atoms with van der Waals surface area (Å²) in [5.74, 6) is -0.152. The molecule has 316 valence electrons. The van der Waals surface area contributed by atoms with Gasteiger partial charge in [0.2, 0.25) is 6.29 Å². The number of amides is 2. The van der Waals surface area contributed by atoms with Gasteiger partial charge in [-0.05, 0) is 61.1 Å². The Balaban J connectivity index is 1.01. The van der Waals surface area contributed by atoms with Crippen molar-refractivity contribution in [3.63, 3.8) is 0 Å². The molecule has 6 unspecified atom stereocenters. The fourth-order valence-electron chi connectivity index (χ4n) is 7.24. The Bertz CT molecular complexity index is 1670. The molecule has 2 saturated heterocycles. The second kappa shape index (κ2) is 20.2. The number of carbonyl (C=O) groups excluding carboxylic acids is 2. The highest BCUT2D eigenvalue weighted by atomic mass is 16.7. The van der Waals surface area contributed by atoms with Gasteiger partial charge in [-0.1, -0.05) is 25.0 Å². The molecule has 18 heteroatoms. The van der Waals surface area contributed by atoms with Crippen LogP contribution in [0.3, 0.4) is 0 Å². The fourth-order valence-corrected chi connectivity index (χ4v) is 7.24. The zero-order chi connectivity index (χ0) is 41.2. The summed E-state index contributed by atoms with van der Waals surface area (Å²) in [6.45, 7) is 2.29. The average molecular weight is 805 g/mol. The number of nitrogens with zero attached hydrogens (tertiary/aromatic N) is 3. The molecule has 6 N–H and O–H groups in total. The quantitative estimate of drug-likeness (QED) is 0.152. The van der Waals surface area contributed by atoms with Crippen LogP contribution in [0.4, 0.5) is 15.3 Å². The second-order valence-electron chi connectivity index (χ2n) is 14.6. The molecule has 2 heterocycles. The van der Waals surface area contributed by atoms with Crippen molar-refractivity contribution in [1.82, 2.24) is 14.7 Å². The summed E-state index contributed by atoms with van der Waals surface area (Å²) >= 11 is 0. The zero-order valence-electron chi connectivity index (χ0n) is 32.9. The summed E-state index contributed by atoms with van der Waals surface area (Å²) in [5.41, 5.74) is 7.74. The van der Waals surface area contributed by atoms with Gasteiger partial charge in [0, 0.05) is 46.3 Å². The highest BCUT2D eigenvalue weighted by Gasteiger charge is 2.48. The van der Waals surface area contributed by atoms with Gasteiger partial charge in [0.25, 0.3) is 0 Å². The molecule has 1 saturated carbocycles. The number of benzene rings is 2. The second-order valence-corrected chi connectivity index (χ2v) is 14.6. The predicted molar refractivity (Wildman–Crippen MR) is 203 cm³/mol. The molecule has 18 nitrogen and oxygen atoms in total. The maximum Gasteiger partial charge on any atom is 0.409 e. The number of carbonyl (C=O) groups is 3. The molecule has 57 heavy (non-hydrogen) atoms. The number of aliphatic hydroxyl groups is 3. The van der Waals surface area contributed by atoms with Crippen LogP contribution in [0.1, 0.15) is 43.2 Å². The van der Waals surface area contributed by atoms with Crippen LogP contribution in [0, 0.1) is 0 Å². The van der Waals surface area contributed by atoms with Crippen molar-refractivity contribution in [1.29, 1.82) is 0 Å².